The zero-order valence-corrected chi connectivity index (χ0v) is 8.88. The highest BCUT2D eigenvalue weighted by molar-refractivity contribution is 5.78. The van der Waals surface area contributed by atoms with Crippen molar-refractivity contribution in [1.29, 1.82) is 0 Å². The molecular weight excluding hydrogens is 206 g/mol. The Balaban J connectivity index is 2.78. The van der Waals surface area contributed by atoms with Crippen LogP contribution in [0.4, 0.5) is 0 Å². The Hall–Kier alpha value is -1.63. The van der Waals surface area contributed by atoms with Crippen molar-refractivity contribution >= 4 is 11.0 Å². The first-order valence-corrected chi connectivity index (χ1v) is 4.92. The molecule has 0 unspecified atom stereocenters. The van der Waals surface area contributed by atoms with Gasteiger partial charge in [-0.3, -0.25) is 11.5 Å². The maximum atomic E-state index is 9.64. The second-order valence-electron chi connectivity index (χ2n) is 3.59. The molecule has 0 saturated heterocycles. The van der Waals surface area contributed by atoms with E-state index < -0.39 is 5.85 Å². The Kier molecular flexibility index (Phi) is 2.55. The summed E-state index contributed by atoms with van der Waals surface area (Å²) >= 11 is 0. The normalized spacial score (nSPS) is 12.0. The largest absolute Gasteiger partial charge is 0.359 e. The molecule has 16 heavy (non-hydrogen) atoms. The van der Waals surface area contributed by atoms with E-state index >= 15 is 0 Å². The molecular formula is C10H13N5O. The van der Waals surface area contributed by atoms with E-state index in [1.54, 1.807) is 6.20 Å². The van der Waals surface area contributed by atoms with Gasteiger partial charge in [0, 0.05) is 23.3 Å². The van der Waals surface area contributed by atoms with Crippen LogP contribution in [0.2, 0.25) is 0 Å². The summed E-state index contributed by atoms with van der Waals surface area (Å²) in [6.07, 6.45) is 5.18. The van der Waals surface area contributed by atoms with Gasteiger partial charge in [0.1, 0.15) is 6.33 Å². The van der Waals surface area contributed by atoms with Gasteiger partial charge in [-0.25, -0.2) is 15.0 Å². The monoisotopic (exact) mass is 219 g/mol. The fraction of sp³-hybridized carbons (Fsp3) is 0.300. The molecule has 0 aliphatic carbocycles. The number of aromatic nitrogens is 3. The summed E-state index contributed by atoms with van der Waals surface area (Å²) in [7, 11) is 0. The summed E-state index contributed by atoms with van der Waals surface area (Å²) < 4.78 is 0. The third kappa shape index (κ3) is 1.73. The summed E-state index contributed by atoms with van der Waals surface area (Å²) in [6, 6.07) is 0. The number of fused-ring (bicyclic) bond motifs is 1. The van der Waals surface area contributed by atoms with E-state index in [9.17, 15) is 5.11 Å². The van der Waals surface area contributed by atoms with Crippen LogP contribution >= 0.6 is 0 Å². The van der Waals surface area contributed by atoms with Gasteiger partial charge in [0.05, 0.1) is 0 Å². The van der Waals surface area contributed by atoms with Crippen molar-refractivity contribution in [3.05, 3.63) is 29.8 Å². The second kappa shape index (κ2) is 3.75. The standard InChI is InChI=1S/C10H13N5O/c1-2-6-7-3-13-5-15-9(7)14-4-8(6)10(11,12)16/h3-5,16H,2,11-12H2,1H3. The average molecular weight is 219 g/mol. The van der Waals surface area contributed by atoms with Crippen LogP contribution in [0.1, 0.15) is 18.1 Å². The second-order valence-corrected chi connectivity index (χ2v) is 3.59. The number of aliphatic hydroxyl groups is 1. The lowest BCUT2D eigenvalue weighted by Crippen LogP contribution is -2.46. The van der Waals surface area contributed by atoms with Crippen LogP contribution in [0.5, 0.6) is 0 Å². The van der Waals surface area contributed by atoms with Crippen molar-refractivity contribution in [1.82, 2.24) is 15.0 Å². The van der Waals surface area contributed by atoms with Gasteiger partial charge in [0.2, 0.25) is 0 Å². The molecule has 5 N–H and O–H groups in total. The fourth-order valence-electron chi connectivity index (χ4n) is 1.71. The van der Waals surface area contributed by atoms with Gasteiger partial charge in [0.15, 0.2) is 11.5 Å². The van der Waals surface area contributed by atoms with Crippen LogP contribution in [0.25, 0.3) is 11.0 Å². The lowest BCUT2D eigenvalue weighted by Gasteiger charge is -2.21. The molecule has 6 heteroatoms. The first-order valence-electron chi connectivity index (χ1n) is 4.92. The smallest absolute Gasteiger partial charge is 0.196 e. The molecule has 0 radical (unpaired) electrons. The summed E-state index contributed by atoms with van der Waals surface area (Å²) in [4.78, 5) is 12.0. The highest BCUT2D eigenvalue weighted by Gasteiger charge is 2.23. The third-order valence-corrected chi connectivity index (χ3v) is 2.44. The van der Waals surface area contributed by atoms with Gasteiger partial charge in [-0.1, -0.05) is 6.92 Å². The molecule has 2 aromatic heterocycles. The zero-order chi connectivity index (χ0) is 11.8. The maximum Gasteiger partial charge on any atom is 0.196 e. The van der Waals surface area contributed by atoms with E-state index in [1.165, 1.54) is 12.5 Å². The minimum Gasteiger partial charge on any atom is -0.359 e. The van der Waals surface area contributed by atoms with Crippen molar-refractivity contribution in [3.63, 3.8) is 0 Å². The fourth-order valence-corrected chi connectivity index (χ4v) is 1.71. The van der Waals surface area contributed by atoms with Gasteiger partial charge in [-0.2, -0.15) is 0 Å². The molecule has 0 saturated carbocycles. The molecule has 2 aromatic rings. The molecule has 6 nitrogen and oxygen atoms in total. The van der Waals surface area contributed by atoms with Crippen LogP contribution in [0, 0.1) is 0 Å². The Morgan fingerprint density at radius 3 is 2.69 bits per heavy atom. The van der Waals surface area contributed by atoms with Gasteiger partial charge >= 0.3 is 0 Å². The third-order valence-electron chi connectivity index (χ3n) is 2.44. The van der Waals surface area contributed by atoms with Crippen LogP contribution in [-0.4, -0.2) is 20.1 Å². The number of nitrogens with two attached hydrogens (primary N) is 2. The SMILES string of the molecule is CCc1c(C(N)(N)O)cnc2ncncc12. The number of rotatable bonds is 2. The summed E-state index contributed by atoms with van der Waals surface area (Å²) in [6.45, 7) is 1.94. The van der Waals surface area contributed by atoms with Crippen molar-refractivity contribution in [2.24, 2.45) is 11.5 Å². The molecule has 0 spiro atoms. The molecule has 0 aliphatic heterocycles. The minimum atomic E-state index is -1.89. The van der Waals surface area contributed by atoms with Crippen molar-refractivity contribution < 1.29 is 5.11 Å². The van der Waals surface area contributed by atoms with E-state index in [-0.39, 0.29) is 0 Å². The topological polar surface area (TPSA) is 111 Å². The van der Waals surface area contributed by atoms with Crippen LogP contribution in [0.15, 0.2) is 18.7 Å². The number of pyridine rings is 1. The molecule has 2 rings (SSSR count). The van der Waals surface area contributed by atoms with E-state index in [1.807, 2.05) is 6.92 Å². The van der Waals surface area contributed by atoms with Crippen molar-refractivity contribution in [2.75, 3.05) is 0 Å². The Bertz CT molecular complexity index is 520. The van der Waals surface area contributed by atoms with E-state index in [2.05, 4.69) is 15.0 Å². The lowest BCUT2D eigenvalue weighted by molar-refractivity contribution is 0.0498. The molecule has 0 aromatic carbocycles. The Morgan fingerprint density at radius 2 is 2.06 bits per heavy atom. The van der Waals surface area contributed by atoms with Crippen molar-refractivity contribution in [2.45, 2.75) is 19.2 Å². The van der Waals surface area contributed by atoms with Gasteiger partial charge in [0.25, 0.3) is 0 Å². The number of aryl methyl sites for hydroxylation is 1. The first-order chi connectivity index (χ1) is 7.54. The number of nitrogens with zero attached hydrogens (tertiary/aromatic N) is 3. The minimum absolute atomic E-state index is 0.400. The van der Waals surface area contributed by atoms with Gasteiger partial charge < -0.3 is 5.11 Å². The molecule has 2 heterocycles. The van der Waals surface area contributed by atoms with E-state index in [4.69, 9.17) is 11.5 Å². The molecule has 0 bridgehead atoms. The van der Waals surface area contributed by atoms with Gasteiger partial charge in [-0.05, 0) is 12.0 Å². The predicted molar refractivity (Wildman–Crippen MR) is 59.0 cm³/mol. The Morgan fingerprint density at radius 1 is 1.31 bits per heavy atom. The molecule has 0 aliphatic rings. The van der Waals surface area contributed by atoms with Crippen molar-refractivity contribution in [3.8, 4) is 0 Å². The van der Waals surface area contributed by atoms with Crippen LogP contribution in [0.3, 0.4) is 0 Å². The predicted octanol–water partition coefficient (Wildman–Crippen LogP) is -0.393. The lowest BCUT2D eigenvalue weighted by atomic mass is 10.0. The highest BCUT2D eigenvalue weighted by Crippen LogP contribution is 2.22. The molecule has 0 amide bonds. The van der Waals surface area contributed by atoms with E-state index in [0.29, 0.717) is 17.6 Å². The number of hydrogen-bond donors (Lipinski definition) is 3. The first kappa shape index (κ1) is 10.9. The average Bonchev–Trinajstić information content (AvgIpc) is 2.26. The van der Waals surface area contributed by atoms with Crippen LogP contribution < -0.4 is 11.5 Å². The van der Waals surface area contributed by atoms with E-state index in [0.717, 1.165) is 10.9 Å². The zero-order valence-electron chi connectivity index (χ0n) is 8.88. The summed E-state index contributed by atoms with van der Waals surface area (Å²) in [5.41, 5.74) is 12.7. The van der Waals surface area contributed by atoms with Crippen LogP contribution in [-0.2, 0) is 12.3 Å². The van der Waals surface area contributed by atoms with Gasteiger partial charge in [-0.15, -0.1) is 0 Å². The number of hydrogen-bond acceptors (Lipinski definition) is 6. The Labute approximate surface area is 92.3 Å². The maximum absolute atomic E-state index is 9.64. The highest BCUT2D eigenvalue weighted by atomic mass is 16.3. The quantitative estimate of drug-likeness (QED) is 0.593. The molecule has 84 valence electrons. The molecule has 0 fully saturated rings. The summed E-state index contributed by atoms with van der Waals surface area (Å²) in [5.74, 6) is -1.89. The molecule has 0 atom stereocenters. The summed E-state index contributed by atoms with van der Waals surface area (Å²) in [5, 5.41) is 10.4.